The number of ether oxygens (including phenoxy) is 2. The first-order valence-electron chi connectivity index (χ1n) is 9.43. The summed E-state index contributed by atoms with van der Waals surface area (Å²) in [4.78, 5) is 32.1. The average molecular weight is 403 g/mol. The van der Waals surface area contributed by atoms with Crippen molar-refractivity contribution in [3.05, 3.63) is 78.6 Å². The number of carbonyl (C=O) groups excluding carboxylic acids is 2. The number of carbonyl (C=O) groups is 2. The van der Waals surface area contributed by atoms with Gasteiger partial charge in [0.25, 0.3) is 5.91 Å². The smallest absolute Gasteiger partial charge is 0.256 e. The van der Waals surface area contributed by atoms with Crippen LogP contribution in [0.1, 0.15) is 12.0 Å². The number of rotatable bonds is 6. The van der Waals surface area contributed by atoms with Crippen molar-refractivity contribution in [2.75, 3.05) is 24.4 Å². The summed E-state index contributed by atoms with van der Waals surface area (Å²) in [6.45, 7) is 0. The maximum absolute atomic E-state index is 13.7. The molecule has 2 amide bonds. The number of hydrogen-bond donors (Lipinski definition) is 1. The van der Waals surface area contributed by atoms with Crippen molar-refractivity contribution in [1.29, 1.82) is 0 Å². The van der Waals surface area contributed by atoms with E-state index in [1.54, 1.807) is 60.9 Å². The second-order valence-electron chi connectivity index (χ2n) is 6.83. The SMILES string of the molecule is COc1ccccc1NC(=O)C1(c2ccncc2)CC(=O)N1c1ccccc1OC. The predicted molar refractivity (Wildman–Crippen MR) is 113 cm³/mol. The van der Waals surface area contributed by atoms with Gasteiger partial charge in [-0.1, -0.05) is 24.3 Å². The van der Waals surface area contributed by atoms with Crippen LogP contribution in [0, 0.1) is 0 Å². The molecule has 1 aliphatic rings. The van der Waals surface area contributed by atoms with Gasteiger partial charge < -0.3 is 14.8 Å². The van der Waals surface area contributed by atoms with Crippen molar-refractivity contribution in [3.8, 4) is 11.5 Å². The third-order valence-corrected chi connectivity index (χ3v) is 5.25. The topological polar surface area (TPSA) is 80.8 Å². The predicted octanol–water partition coefficient (Wildman–Crippen LogP) is 3.37. The van der Waals surface area contributed by atoms with Crippen molar-refractivity contribution < 1.29 is 19.1 Å². The number of β-lactam (4-membered cyclic amide) rings is 1. The molecule has 1 unspecified atom stereocenters. The van der Waals surface area contributed by atoms with E-state index in [2.05, 4.69) is 10.3 Å². The van der Waals surface area contributed by atoms with Crippen LogP contribution in [0.2, 0.25) is 0 Å². The van der Waals surface area contributed by atoms with E-state index in [1.165, 1.54) is 19.1 Å². The summed E-state index contributed by atoms with van der Waals surface area (Å²) in [6.07, 6.45) is 3.24. The number of aromatic nitrogens is 1. The van der Waals surface area contributed by atoms with Crippen LogP contribution >= 0.6 is 0 Å². The molecule has 0 aliphatic carbocycles. The van der Waals surface area contributed by atoms with Gasteiger partial charge in [0, 0.05) is 12.4 Å². The van der Waals surface area contributed by atoms with Gasteiger partial charge in [-0.05, 0) is 42.0 Å². The molecule has 1 fully saturated rings. The Balaban J connectivity index is 1.82. The van der Waals surface area contributed by atoms with Gasteiger partial charge in [-0.25, -0.2) is 0 Å². The lowest BCUT2D eigenvalue weighted by atomic mass is 9.76. The standard InChI is InChI=1S/C23H21N3O4/c1-29-19-9-5-3-7-17(19)25-22(28)23(16-11-13-24-14-12-16)15-21(27)26(23)18-8-4-6-10-20(18)30-2/h3-14H,15H2,1-2H3,(H,25,28). The number of nitrogens with one attached hydrogen (secondary N) is 1. The third kappa shape index (κ3) is 3.04. The molecule has 0 radical (unpaired) electrons. The quantitative estimate of drug-likeness (QED) is 0.639. The van der Waals surface area contributed by atoms with Crippen molar-refractivity contribution in [3.63, 3.8) is 0 Å². The molecule has 1 aromatic heterocycles. The molecule has 0 spiro atoms. The van der Waals surface area contributed by atoms with Gasteiger partial charge in [-0.15, -0.1) is 0 Å². The van der Waals surface area contributed by atoms with Crippen LogP contribution in [-0.4, -0.2) is 31.0 Å². The molecule has 7 heteroatoms. The molecule has 3 aromatic rings. The Bertz CT molecular complexity index is 1090. The van der Waals surface area contributed by atoms with Crippen LogP contribution in [0.15, 0.2) is 73.1 Å². The molecule has 152 valence electrons. The van der Waals surface area contributed by atoms with Crippen LogP contribution in [-0.2, 0) is 15.1 Å². The number of hydrogen-bond acceptors (Lipinski definition) is 5. The number of anilines is 2. The summed E-state index contributed by atoms with van der Waals surface area (Å²) in [6, 6.07) is 17.8. The first-order chi connectivity index (χ1) is 14.6. The second kappa shape index (κ2) is 7.87. The van der Waals surface area contributed by atoms with Crippen molar-refractivity contribution in [1.82, 2.24) is 4.98 Å². The van der Waals surface area contributed by atoms with E-state index in [9.17, 15) is 9.59 Å². The molecule has 1 atom stereocenters. The maximum atomic E-state index is 13.7. The third-order valence-electron chi connectivity index (χ3n) is 5.25. The second-order valence-corrected chi connectivity index (χ2v) is 6.83. The van der Waals surface area contributed by atoms with Gasteiger partial charge >= 0.3 is 0 Å². The first-order valence-corrected chi connectivity index (χ1v) is 9.43. The van der Waals surface area contributed by atoms with Crippen LogP contribution in [0.5, 0.6) is 11.5 Å². The summed E-state index contributed by atoms with van der Waals surface area (Å²) >= 11 is 0. The highest BCUT2D eigenvalue weighted by atomic mass is 16.5. The molecule has 1 aliphatic heterocycles. The van der Waals surface area contributed by atoms with Gasteiger partial charge in [0.2, 0.25) is 5.91 Å². The Labute approximate surface area is 174 Å². The average Bonchev–Trinajstić information content (AvgIpc) is 2.78. The molecule has 0 bridgehead atoms. The molecule has 0 saturated carbocycles. The minimum Gasteiger partial charge on any atom is -0.495 e. The summed E-state index contributed by atoms with van der Waals surface area (Å²) in [5.74, 6) is 0.523. The molecule has 30 heavy (non-hydrogen) atoms. The zero-order valence-electron chi connectivity index (χ0n) is 16.7. The van der Waals surface area contributed by atoms with Gasteiger partial charge in [0.1, 0.15) is 11.5 Å². The number of amides is 2. The Morgan fingerprint density at radius 3 is 2.27 bits per heavy atom. The zero-order chi connectivity index (χ0) is 21.1. The maximum Gasteiger partial charge on any atom is 0.256 e. The molecule has 1 N–H and O–H groups in total. The number of methoxy groups -OCH3 is 2. The lowest BCUT2D eigenvalue weighted by Crippen LogP contribution is -2.67. The van der Waals surface area contributed by atoms with Crippen LogP contribution in [0.3, 0.4) is 0 Å². The molecule has 2 heterocycles. The molecule has 2 aromatic carbocycles. The van der Waals surface area contributed by atoms with E-state index in [0.717, 1.165) is 0 Å². The van der Waals surface area contributed by atoms with Crippen molar-refractivity contribution in [2.45, 2.75) is 12.0 Å². The number of nitrogens with zero attached hydrogens (tertiary/aromatic N) is 2. The highest BCUT2D eigenvalue weighted by Crippen LogP contribution is 2.48. The lowest BCUT2D eigenvalue weighted by Gasteiger charge is -2.50. The molecule has 7 nitrogen and oxygen atoms in total. The summed E-state index contributed by atoms with van der Waals surface area (Å²) in [5, 5.41) is 2.94. The largest absolute Gasteiger partial charge is 0.495 e. The van der Waals surface area contributed by atoms with Gasteiger partial charge in [0.05, 0.1) is 32.0 Å². The minimum atomic E-state index is -1.24. The summed E-state index contributed by atoms with van der Waals surface area (Å²) < 4.78 is 10.8. The molecule has 4 rings (SSSR count). The van der Waals surface area contributed by atoms with E-state index in [0.29, 0.717) is 28.4 Å². The lowest BCUT2D eigenvalue weighted by molar-refractivity contribution is -0.137. The van der Waals surface area contributed by atoms with E-state index >= 15 is 0 Å². The normalized spacial score (nSPS) is 17.8. The Morgan fingerprint density at radius 2 is 1.60 bits per heavy atom. The monoisotopic (exact) mass is 403 g/mol. The number of para-hydroxylation sites is 4. The van der Waals surface area contributed by atoms with Crippen molar-refractivity contribution in [2.24, 2.45) is 0 Å². The zero-order valence-corrected chi connectivity index (χ0v) is 16.7. The van der Waals surface area contributed by atoms with Crippen LogP contribution in [0.4, 0.5) is 11.4 Å². The van der Waals surface area contributed by atoms with Crippen molar-refractivity contribution >= 4 is 23.2 Å². The fraction of sp³-hybridized carbons (Fsp3) is 0.174. The Hall–Kier alpha value is -3.87. The Morgan fingerprint density at radius 1 is 0.967 bits per heavy atom. The number of benzene rings is 2. The van der Waals surface area contributed by atoms with E-state index in [-0.39, 0.29) is 18.2 Å². The molecular formula is C23H21N3O4. The van der Waals surface area contributed by atoms with Gasteiger partial charge in [0.15, 0.2) is 5.54 Å². The van der Waals surface area contributed by atoms with Gasteiger partial charge in [-0.3, -0.25) is 19.5 Å². The minimum absolute atomic E-state index is 0.0239. The van der Waals surface area contributed by atoms with E-state index in [4.69, 9.17) is 9.47 Å². The highest BCUT2D eigenvalue weighted by Gasteiger charge is 2.59. The van der Waals surface area contributed by atoms with E-state index in [1.807, 2.05) is 12.1 Å². The molecular weight excluding hydrogens is 382 g/mol. The molecule has 1 saturated heterocycles. The van der Waals surface area contributed by atoms with Crippen LogP contribution < -0.4 is 19.7 Å². The summed E-state index contributed by atoms with van der Waals surface area (Å²) in [5.41, 5.74) is 0.478. The van der Waals surface area contributed by atoms with Crippen LogP contribution in [0.25, 0.3) is 0 Å². The number of pyridine rings is 1. The Kier molecular flexibility index (Phi) is 5.10. The highest BCUT2D eigenvalue weighted by molar-refractivity contribution is 6.17. The fourth-order valence-corrected chi connectivity index (χ4v) is 3.80. The fourth-order valence-electron chi connectivity index (χ4n) is 3.80. The summed E-state index contributed by atoms with van der Waals surface area (Å²) in [7, 11) is 3.07. The van der Waals surface area contributed by atoms with E-state index < -0.39 is 5.54 Å². The first kappa shape index (κ1) is 19.4. The van der Waals surface area contributed by atoms with Gasteiger partial charge in [-0.2, -0.15) is 0 Å².